The fourth-order valence-electron chi connectivity index (χ4n) is 2.37. The SMILES string of the molecule is CC(C)C(NC(=O)C(CCCN=C(N)N)NC(=O)C(N)CO)C(=O)NC(CO)C(=O)O. The van der Waals surface area contributed by atoms with Gasteiger partial charge in [-0.05, 0) is 18.8 Å². The molecule has 0 saturated carbocycles. The molecule has 0 spiro atoms. The van der Waals surface area contributed by atoms with E-state index in [9.17, 15) is 19.2 Å². The molecule has 3 amide bonds. The zero-order chi connectivity index (χ0) is 24.1. The van der Waals surface area contributed by atoms with Gasteiger partial charge in [-0.3, -0.25) is 19.4 Å². The van der Waals surface area contributed by atoms with Crippen LogP contribution < -0.4 is 33.2 Å². The molecule has 31 heavy (non-hydrogen) atoms. The van der Waals surface area contributed by atoms with E-state index in [4.69, 9.17) is 32.5 Å². The number of aliphatic imine (C=N–C) groups is 1. The first-order valence-electron chi connectivity index (χ1n) is 9.61. The van der Waals surface area contributed by atoms with Gasteiger partial charge in [-0.1, -0.05) is 13.8 Å². The third kappa shape index (κ3) is 10.6. The van der Waals surface area contributed by atoms with Crippen LogP contribution in [0.15, 0.2) is 4.99 Å². The van der Waals surface area contributed by atoms with Crippen molar-refractivity contribution in [2.24, 2.45) is 28.1 Å². The number of carboxylic acids is 1. The quantitative estimate of drug-likeness (QED) is 0.0700. The van der Waals surface area contributed by atoms with Crippen LogP contribution in [0.2, 0.25) is 0 Å². The lowest BCUT2D eigenvalue weighted by Crippen LogP contribution is -2.59. The lowest BCUT2D eigenvalue weighted by Gasteiger charge is -2.26. The molecular weight excluding hydrogens is 414 g/mol. The smallest absolute Gasteiger partial charge is 0.328 e. The fraction of sp³-hybridized carbons (Fsp3) is 0.706. The van der Waals surface area contributed by atoms with Gasteiger partial charge in [0.1, 0.15) is 24.2 Å². The Hall–Kier alpha value is -2.97. The largest absolute Gasteiger partial charge is 0.480 e. The van der Waals surface area contributed by atoms with Crippen LogP contribution in [-0.2, 0) is 19.2 Å². The highest BCUT2D eigenvalue weighted by Gasteiger charge is 2.31. The van der Waals surface area contributed by atoms with Crippen LogP contribution in [0.4, 0.5) is 0 Å². The number of aliphatic hydroxyl groups is 2. The van der Waals surface area contributed by atoms with Gasteiger partial charge >= 0.3 is 5.97 Å². The maximum absolute atomic E-state index is 12.8. The predicted octanol–water partition coefficient (Wildman–Crippen LogP) is -4.45. The van der Waals surface area contributed by atoms with Crippen molar-refractivity contribution in [3.63, 3.8) is 0 Å². The van der Waals surface area contributed by atoms with E-state index in [-0.39, 0.29) is 18.9 Å². The molecule has 0 radical (unpaired) electrons. The van der Waals surface area contributed by atoms with Gasteiger partial charge in [-0.25, -0.2) is 4.79 Å². The molecule has 0 saturated heterocycles. The van der Waals surface area contributed by atoms with Crippen LogP contribution in [0.25, 0.3) is 0 Å². The Bertz CT molecular complexity index is 653. The Morgan fingerprint density at radius 1 is 0.903 bits per heavy atom. The number of hydrogen-bond acceptors (Lipinski definition) is 8. The number of aliphatic carboxylic acids is 1. The number of carbonyl (C=O) groups is 4. The summed E-state index contributed by atoms with van der Waals surface area (Å²) in [5.74, 6) is -4.35. The average Bonchev–Trinajstić information content (AvgIpc) is 2.70. The van der Waals surface area contributed by atoms with Crippen LogP contribution in [0, 0.1) is 5.92 Å². The first-order chi connectivity index (χ1) is 14.4. The number of guanidine groups is 1. The molecule has 14 heteroatoms. The molecule has 0 aliphatic rings. The van der Waals surface area contributed by atoms with Crippen molar-refractivity contribution in [1.29, 1.82) is 0 Å². The number of hydrogen-bond donors (Lipinski definition) is 9. The Balaban J connectivity index is 5.36. The molecule has 178 valence electrons. The summed E-state index contributed by atoms with van der Waals surface area (Å²) in [4.78, 5) is 52.0. The summed E-state index contributed by atoms with van der Waals surface area (Å²) >= 11 is 0. The molecule has 12 N–H and O–H groups in total. The van der Waals surface area contributed by atoms with E-state index in [0.29, 0.717) is 6.42 Å². The standard InChI is InChI=1S/C17H33N7O7/c1-8(2)12(15(29)23-11(7-26)16(30)31)24-14(28)10(4-3-5-21-17(19)20)22-13(27)9(18)6-25/h8-12,25-26H,3-7,18H2,1-2H3,(H,22,27)(H,23,29)(H,24,28)(H,30,31)(H4,19,20,21). The number of aliphatic hydroxyl groups excluding tert-OH is 2. The number of nitrogens with two attached hydrogens (primary N) is 3. The number of rotatable bonds is 14. The highest BCUT2D eigenvalue weighted by molar-refractivity contribution is 5.94. The zero-order valence-electron chi connectivity index (χ0n) is 17.6. The second kappa shape index (κ2) is 14.1. The summed E-state index contributed by atoms with van der Waals surface area (Å²) in [6.45, 7) is 1.95. The van der Waals surface area contributed by atoms with Crippen molar-refractivity contribution in [3.8, 4) is 0 Å². The molecule has 4 unspecified atom stereocenters. The fourth-order valence-corrected chi connectivity index (χ4v) is 2.37. The van der Waals surface area contributed by atoms with Crippen LogP contribution in [0.3, 0.4) is 0 Å². The number of carbonyl (C=O) groups excluding carboxylic acids is 3. The first-order valence-corrected chi connectivity index (χ1v) is 9.61. The lowest BCUT2D eigenvalue weighted by atomic mass is 10.0. The van der Waals surface area contributed by atoms with Crippen LogP contribution >= 0.6 is 0 Å². The summed E-state index contributed by atoms with van der Waals surface area (Å²) in [5.41, 5.74) is 15.9. The molecule has 0 bridgehead atoms. The average molecular weight is 447 g/mol. The Kier molecular flexibility index (Phi) is 12.8. The number of nitrogens with zero attached hydrogens (tertiary/aromatic N) is 1. The molecule has 0 heterocycles. The van der Waals surface area contributed by atoms with Crippen LogP contribution in [0.1, 0.15) is 26.7 Å². The molecule has 0 rings (SSSR count). The van der Waals surface area contributed by atoms with Gasteiger partial charge in [0.25, 0.3) is 0 Å². The van der Waals surface area contributed by atoms with Crippen LogP contribution in [-0.4, -0.2) is 88.9 Å². The maximum Gasteiger partial charge on any atom is 0.328 e. The lowest BCUT2D eigenvalue weighted by molar-refractivity contribution is -0.143. The number of carboxylic acid groups (broad SMARTS) is 1. The second-order valence-electron chi connectivity index (χ2n) is 7.11. The van der Waals surface area contributed by atoms with Crippen molar-refractivity contribution in [1.82, 2.24) is 16.0 Å². The molecule has 0 aromatic rings. The van der Waals surface area contributed by atoms with Crippen molar-refractivity contribution < 1.29 is 34.5 Å². The Morgan fingerprint density at radius 2 is 1.48 bits per heavy atom. The third-order valence-corrected chi connectivity index (χ3v) is 4.16. The monoisotopic (exact) mass is 447 g/mol. The molecule has 14 nitrogen and oxygen atoms in total. The zero-order valence-corrected chi connectivity index (χ0v) is 17.6. The van der Waals surface area contributed by atoms with Crippen molar-refractivity contribution in [3.05, 3.63) is 0 Å². The summed E-state index contributed by atoms with van der Waals surface area (Å²) in [5, 5.41) is 34.1. The summed E-state index contributed by atoms with van der Waals surface area (Å²) in [7, 11) is 0. The van der Waals surface area contributed by atoms with E-state index in [1.54, 1.807) is 13.8 Å². The van der Waals surface area contributed by atoms with Crippen molar-refractivity contribution in [2.75, 3.05) is 19.8 Å². The van der Waals surface area contributed by atoms with Crippen LogP contribution in [0.5, 0.6) is 0 Å². The van der Waals surface area contributed by atoms with Gasteiger partial charge in [-0.2, -0.15) is 0 Å². The number of amides is 3. The van der Waals surface area contributed by atoms with E-state index >= 15 is 0 Å². The first kappa shape index (κ1) is 28.0. The maximum atomic E-state index is 12.8. The van der Waals surface area contributed by atoms with Gasteiger partial charge in [-0.15, -0.1) is 0 Å². The van der Waals surface area contributed by atoms with Gasteiger partial charge in [0, 0.05) is 6.54 Å². The van der Waals surface area contributed by atoms with E-state index in [1.807, 2.05) is 0 Å². The van der Waals surface area contributed by atoms with Gasteiger partial charge < -0.3 is 48.5 Å². The summed E-state index contributed by atoms with van der Waals surface area (Å²) in [6, 6.07) is -5.06. The molecule has 0 aliphatic heterocycles. The number of nitrogens with one attached hydrogen (secondary N) is 3. The van der Waals surface area contributed by atoms with E-state index in [0.717, 1.165) is 0 Å². The van der Waals surface area contributed by atoms with E-state index in [2.05, 4.69) is 20.9 Å². The van der Waals surface area contributed by atoms with Gasteiger partial charge in [0.05, 0.1) is 13.2 Å². The molecule has 0 fully saturated rings. The molecule has 0 aromatic carbocycles. The molecule has 0 aromatic heterocycles. The van der Waals surface area contributed by atoms with E-state index < -0.39 is 67.0 Å². The third-order valence-electron chi connectivity index (χ3n) is 4.16. The second-order valence-corrected chi connectivity index (χ2v) is 7.11. The minimum Gasteiger partial charge on any atom is -0.480 e. The normalized spacial score (nSPS) is 14.6. The van der Waals surface area contributed by atoms with E-state index in [1.165, 1.54) is 0 Å². The minimum absolute atomic E-state index is 0.0906. The highest BCUT2D eigenvalue weighted by Crippen LogP contribution is 2.06. The van der Waals surface area contributed by atoms with Gasteiger partial charge in [0.2, 0.25) is 17.7 Å². The topological polar surface area (TPSA) is 255 Å². The predicted molar refractivity (Wildman–Crippen MR) is 110 cm³/mol. The highest BCUT2D eigenvalue weighted by atomic mass is 16.4. The molecule has 0 aliphatic carbocycles. The molecule has 4 atom stereocenters. The van der Waals surface area contributed by atoms with Crippen molar-refractivity contribution >= 4 is 29.7 Å². The van der Waals surface area contributed by atoms with Crippen molar-refractivity contribution in [2.45, 2.75) is 50.9 Å². The minimum atomic E-state index is -1.54. The summed E-state index contributed by atoms with van der Waals surface area (Å²) < 4.78 is 0. The van der Waals surface area contributed by atoms with Gasteiger partial charge in [0.15, 0.2) is 5.96 Å². The Morgan fingerprint density at radius 3 is 1.94 bits per heavy atom. The Labute approximate surface area is 179 Å². The molecular formula is C17H33N7O7. The summed E-state index contributed by atoms with van der Waals surface area (Å²) in [6.07, 6.45) is 0.391.